The third kappa shape index (κ3) is 1.88. The third-order valence-corrected chi connectivity index (χ3v) is 3.12. The highest BCUT2D eigenvalue weighted by atomic mass is 16.4. The first-order chi connectivity index (χ1) is 7.22. The minimum absolute atomic E-state index is 0.474. The Balaban J connectivity index is 2.37. The Bertz CT molecular complexity index is 387. The van der Waals surface area contributed by atoms with Gasteiger partial charge in [0.15, 0.2) is 0 Å². The average Bonchev–Trinajstić information content (AvgIpc) is 2.27. The van der Waals surface area contributed by atoms with Crippen LogP contribution in [0.3, 0.4) is 0 Å². The van der Waals surface area contributed by atoms with Crippen molar-refractivity contribution in [1.82, 2.24) is 5.32 Å². The van der Waals surface area contributed by atoms with Gasteiger partial charge in [0.2, 0.25) is 0 Å². The molecule has 3 heteroatoms. The summed E-state index contributed by atoms with van der Waals surface area (Å²) in [5, 5.41) is 12.3. The molecule has 0 saturated carbocycles. The Morgan fingerprint density at radius 1 is 1.53 bits per heavy atom. The van der Waals surface area contributed by atoms with Crippen molar-refractivity contribution in [2.24, 2.45) is 0 Å². The maximum atomic E-state index is 11.0. The SMILES string of the molecule is CNC1CCc2c(cccc2C(=O)O)C1. The Hall–Kier alpha value is -1.35. The number of rotatable bonds is 2. The molecule has 80 valence electrons. The minimum atomic E-state index is -0.810. The van der Waals surface area contributed by atoms with Gasteiger partial charge in [0, 0.05) is 6.04 Å². The second-order valence-corrected chi connectivity index (χ2v) is 3.98. The fourth-order valence-electron chi connectivity index (χ4n) is 2.25. The molecule has 2 rings (SSSR count). The van der Waals surface area contributed by atoms with Crippen LogP contribution in [-0.4, -0.2) is 24.2 Å². The van der Waals surface area contributed by atoms with Crippen molar-refractivity contribution in [3.63, 3.8) is 0 Å². The lowest BCUT2D eigenvalue weighted by Gasteiger charge is -2.25. The van der Waals surface area contributed by atoms with E-state index in [1.807, 2.05) is 19.2 Å². The van der Waals surface area contributed by atoms with Crippen molar-refractivity contribution in [3.8, 4) is 0 Å². The van der Waals surface area contributed by atoms with Crippen LogP contribution in [0.4, 0.5) is 0 Å². The quantitative estimate of drug-likeness (QED) is 0.768. The van der Waals surface area contributed by atoms with Crippen molar-refractivity contribution >= 4 is 5.97 Å². The second-order valence-electron chi connectivity index (χ2n) is 3.98. The number of aromatic carboxylic acids is 1. The van der Waals surface area contributed by atoms with E-state index in [-0.39, 0.29) is 0 Å². The number of carboxylic acid groups (broad SMARTS) is 1. The van der Waals surface area contributed by atoms with E-state index in [2.05, 4.69) is 5.32 Å². The Kier molecular flexibility index (Phi) is 2.73. The van der Waals surface area contributed by atoms with Crippen molar-refractivity contribution in [3.05, 3.63) is 34.9 Å². The molecule has 15 heavy (non-hydrogen) atoms. The van der Waals surface area contributed by atoms with Crippen LogP contribution < -0.4 is 5.32 Å². The van der Waals surface area contributed by atoms with Crippen LogP contribution in [-0.2, 0) is 12.8 Å². The number of benzene rings is 1. The van der Waals surface area contributed by atoms with Gasteiger partial charge >= 0.3 is 5.97 Å². The van der Waals surface area contributed by atoms with Crippen LogP contribution in [0.25, 0.3) is 0 Å². The molecule has 0 radical (unpaired) electrons. The van der Waals surface area contributed by atoms with Gasteiger partial charge in [-0.1, -0.05) is 12.1 Å². The van der Waals surface area contributed by atoms with Gasteiger partial charge < -0.3 is 10.4 Å². The molecule has 1 unspecified atom stereocenters. The van der Waals surface area contributed by atoms with Crippen LogP contribution in [0.1, 0.15) is 27.9 Å². The number of fused-ring (bicyclic) bond motifs is 1. The first kappa shape index (κ1) is 10.2. The lowest BCUT2D eigenvalue weighted by Crippen LogP contribution is -2.32. The van der Waals surface area contributed by atoms with Crippen molar-refractivity contribution < 1.29 is 9.90 Å². The standard InChI is InChI=1S/C12H15NO2/c1-13-9-5-6-10-8(7-9)3-2-4-11(10)12(14)15/h2-4,9,13H,5-7H2,1H3,(H,14,15). The summed E-state index contributed by atoms with van der Waals surface area (Å²) in [4.78, 5) is 11.0. The second kappa shape index (κ2) is 4.03. The van der Waals surface area contributed by atoms with E-state index in [1.54, 1.807) is 6.07 Å². The van der Waals surface area contributed by atoms with Crippen LogP contribution in [0.5, 0.6) is 0 Å². The van der Waals surface area contributed by atoms with E-state index in [0.29, 0.717) is 11.6 Å². The molecular formula is C12H15NO2. The predicted octanol–water partition coefficient (Wildman–Crippen LogP) is 1.46. The third-order valence-electron chi connectivity index (χ3n) is 3.12. The smallest absolute Gasteiger partial charge is 0.335 e. The maximum absolute atomic E-state index is 11.0. The zero-order valence-electron chi connectivity index (χ0n) is 8.79. The number of nitrogens with one attached hydrogen (secondary N) is 1. The number of hydrogen-bond acceptors (Lipinski definition) is 2. The zero-order chi connectivity index (χ0) is 10.8. The highest BCUT2D eigenvalue weighted by molar-refractivity contribution is 5.89. The summed E-state index contributed by atoms with van der Waals surface area (Å²) < 4.78 is 0. The predicted molar refractivity (Wildman–Crippen MR) is 58.3 cm³/mol. The molecule has 0 aliphatic heterocycles. The molecule has 0 spiro atoms. The van der Waals surface area contributed by atoms with Gasteiger partial charge in [0.1, 0.15) is 0 Å². The molecule has 1 aromatic carbocycles. The summed E-state index contributed by atoms with van der Waals surface area (Å²) in [6, 6.07) is 6.05. The molecule has 1 aromatic rings. The van der Waals surface area contributed by atoms with Gasteiger partial charge in [-0.15, -0.1) is 0 Å². The summed E-state index contributed by atoms with van der Waals surface area (Å²) in [5.74, 6) is -0.810. The summed E-state index contributed by atoms with van der Waals surface area (Å²) in [7, 11) is 1.96. The average molecular weight is 205 g/mol. The van der Waals surface area contributed by atoms with E-state index in [0.717, 1.165) is 24.8 Å². The first-order valence-electron chi connectivity index (χ1n) is 5.23. The molecule has 1 atom stereocenters. The molecule has 3 nitrogen and oxygen atoms in total. The van der Waals surface area contributed by atoms with E-state index in [4.69, 9.17) is 5.11 Å². The number of carbonyl (C=O) groups is 1. The molecule has 0 heterocycles. The molecule has 0 bridgehead atoms. The highest BCUT2D eigenvalue weighted by Gasteiger charge is 2.21. The first-order valence-corrected chi connectivity index (χ1v) is 5.23. The van der Waals surface area contributed by atoms with Crippen LogP contribution >= 0.6 is 0 Å². The molecule has 1 aliphatic rings. The van der Waals surface area contributed by atoms with Crippen molar-refractivity contribution in [1.29, 1.82) is 0 Å². The molecule has 2 N–H and O–H groups in total. The molecular weight excluding hydrogens is 190 g/mol. The fourth-order valence-corrected chi connectivity index (χ4v) is 2.25. The highest BCUT2D eigenvalue weighted by Crippen LogP contribution is 2.24. The molecule has 1 aliphatic carbocycles. The van der Waals surface area contributed by atoms with Gasteiger partial charge in [-0.05, 0) is 43.5 Å². The number of carboxylic acids is 1. The van der Waals surface area contributed by atoms with Crippen molar-refractivity contribution in [2.45, 2.75) is 25.3 Å². The molecule has 0 aromatic heterocycles. The van der Waals surface area contributed by atoms with Gasteiger partial charge in [0.25, 0.3) is 0 Å². The summed E-state index contributed by atoms with van der Waals surface area (Å²) in [6.07, 6.45) is 2.82. The Morgan fingerprint density at radius 2 is 2.33 bits per heavy atom. The topological polar surface area (TPSA) is 49.3 Å². The normalized spacial score (nSPS) is 19.7. The minimum Gasteiger partial charge on any atom is -0.478 e. The molecule has 0 saturated heterocycles. The molecule has 0 amide bonds. The van der Waals surface area contributed by atoms with Gasteiger partial charge in [-0.3, -0.25) is 0 Å². The lowest BCUT2D eigenvalue weighted by atomic mass is 9.85. The molecule has 0 fully saturated rings. The summed E-state index contributed by atoms with van der Waals surface area (Å²) in [6.45, 7) is 0. The van der Waals surface area contributed by atoms with Crippen molar-refractivity contribution in [2.75, 3.05) is 7.05 Å². The van der Waals surface area contributed by atoms with Gasteiger partial charge in [-0.2, -0.15) is 0 Å². The van der Waals surface area contributed by atoms with Crippen LogP contribution in [0.2, 0.25) is 0 Å². The van der Waals surface area contributed by atoms with Gasteiger partial charge in [0.05, 0.1) is 5.56 Å². The van der Waals surface area contributed by atoms with Crippen LogP contribution in [0.15, 0.2) is 18.2 Å². The monoisotopic (exact) mass is 205 g/mol. The van der Waals surface area contributed by atoms with E-state index < -0.39 is 5.97 Å². The fraction of sp³-hybridized carbons (Fsp3) is 0.417. The lowest BCUT2D eigenvalue weighted by molar-refractivity contribution is 0.0695. The maximum Gasteiger partial charge on any atom is 0.335 e. The largest absolute Gasteiger partial charge is 0.478 e. The van der Waals surface area contributed by atoms with E-state index in [9.17, 15) is 4.79 Å². The number of hydrogen-bond donors (Lipinski definition) is 2. The van der Waals surface area contributed by atoms with Crippen LogP contribution in [0, 0.1) is 0 Å². The summed E-state index contributed by atoms with van der Waals surface area (Å²) >= 11 is 0. The number of likely N-dealkylation sites (N-methyl/N-ethyl adjacent to an activating group) is 1. The van der Waals surface area contributed by atoms with Gasteiger partial charge in [-0.25, -0.2) is 4.79 Å². The zero-order valence-corrected chi connectivity index (χ0v) is 8.79. The summed E-state index contributed by atoms with van der Waals surface area (Å²) in [5.41, 5.74) is 2.68. The van der Waals surface area contributed by atoms with E-state index >= 15 is 0 Å². The Morgan fingerprint density at radius 3 is 3.00 bits per heavy atom. The van der Waals surface area contributed by atoms with E-state index in [1.165, 1.54) is 5.56 Å². The Labute approximate surface area is 89.1 Å².